The van der Waals surface area contributed by atoms with Crippen LogP contribution in [0, 0.1) is 12.8 Å². The molecule has 0 amide bonds. The van der Waals surface area contributed by atoms with Crippen molar-refractivity contribution in [3.63, 3.8) is 0 Å². The number of carbonyl (C=O) groups excluding carboxylic acids is 1. The second kappa shape index (κ2) is 6.41. The van der Waals surface area contributed by atoms with E-state index in [2.05, 4.69) is 15.2 Å². The summed E-state index contributed by atoms with van der Waals surface area (Å²) in [6.07, 6.45) is 1.89. The minimum atomic E-state index is -0.668. The van der Waals surface area contributed by atoms with Crippen LogP contribution in [0.3, 0.4) is 0 Å². The summed E-state index contributed by atoms with van der Waals surface area (Å²) in [6, 6.07) is 8.52. The van der Waals surface area contributed by atoms with E-state index < -0.39 is 12.0 Å². The van der Waals surface area contributed by atoms with Crippen LogP contribution in [0.4, 0.5) is 0 Å². The van der Waals surface area contributed by atoms with Crippen molar-refractivity contribution in [1.82, 2.24) is 15.2 Å². The van der Waals surface area contributed by atoms with Gasteiger partial charge in [-0.3, -0.25) is 0 Å². The summed E-state index contributed by atoms with van der Waals surface area (Å²) >= 11 is 0. The van der Waals surface area contributed by atoms with Gasteiger partial charge in [-0.05, 0) is 36.6 Å². The van der Waals surface area contributed by atoms with Crippen molar-refractivity contribution in [2.24, 2.45) is 11.7 Å². The first kappa shape index (κ1) is 16.1. The number of hydrogen-bond acceptors (Lipinski definition) is 5. The molecule has 2 aromatic heterocycles. The molecule has 0 bridgehead atoms. The number of esters is 1. The number of hydrogen-bond donors (Lipinski definition) is 2. The molecule has 3 aromatic rings. The molecule has 3 rings (SSSR count). The topological polar surface area (TPSA) is 93.9 Å². The van der Waals surface area contributed by atoms with Crippen molar-refractivity contribution in [2.75, 3.05) is 0 Å². The Balaban J connectivity index is 1.99. The highest BCUT2D eigenvalue weighted by Gasteiger charge is 2.21. The van der Waals surface area contributed by atoms with Crippen LogP contribution in [-0.2, 0) is 4.79 Å². The highest BCUT2D eigenvalue weighted by Crippen LogP contribution is 2.30. The fourth-order valence-corrected chi connectivity index (χ4v) is 2.40. The van der Waals surface area contributed by atoms with Gasteiger partial charge in [-0.1, -0.05) is 26.0 Å². The molecule has 0 aliphatic rings. The van der Waals surface area contributed by atoms with E-state index in [9.17, 15) is 4.79 Å². The van der Waals surface area contributed by atoms with E-state index in [1.807, 2.05) is 45.2 Å². The number of fused-ring (bicyclic) bond motifs is 1. The summed E-state index contributed by atoms with van der Waals surface area (Å²) in [7, 11) is 0. The second-order valence-corrected chi connectivity index (χ2v) is 6.15. The van der Waals surface area contributed by atoms with Crippen LogP contribution in [0.5, 0.6) is 5.75 Å². The third-order valence-corrected chi connectivity index (χ3v) is 4.01. The zero-order valence-electron chi connectivity index (χ0n) is 13.9. The number of aromatic amines is 1. The predicted molar refractivity (Wildman–Crippen MR) is 92.5 cm³/mol. The van der Waals surface area contributed by atoms with E-state index in [-0.39, 0.29) is 5.92 Å². The number of ether oxygens (including phenoxy) is 1. The number of nitrogens with one attached hydrogen (secondary N) is 1. The summed E-state index contributed by atoms with van der Waals surface area (Å²) in [6.45, 7) is 5.76. The van der Waals surface area contributed by atoms with Crippen LogP contribution in [-0.4, -0.2) is 27.2 Å². The molecule has 0 fully saturated rings. The Morgan fingerprint density at radius 2 is 2.00 bits per heavy atom. The maximum Gasteiger partial charge on any atom is 0.328 e. The first-order chi connectivity index (χ1) is 11.5. The molecule has 0 radical (unpaired) electrons. The van der Waals surface area contributed by atoms with E-state index >= 15 is 0 Å². The van der Waals surface area contributed by atoms with E-state index in [4.69, 9.17) is 10.5 Å². The predicted octanol–water partition coefficient (Wildman–Crippen LogP) is 2.82. The number of nitrogens with two attached hydrogens (primary N) is 1. The zero-order chi connectivity index (χ0) is 17.3. The molecule has 6 nitrogen and oxygen atoms in total. The van der Waals surface area contributed by atoms with Crippen LogP contribution in [0.25, 0.3) is 22.3 Å². The van der Waals surface area contributed by atoms with Gasteiger partial charge < -0.3 is 15.5 Å². The second-order valence-electron chi connectivity index (χ2n) is 6.15. The molecule has 6 heteroatoms. The third kappa shape index (κ3) is 3.00. The van der Waals surface area contributed by atoms with Crippen molar-refractivity contribution in [3.05, 3.63) is 42.1 Å². The number of para-hydroxylation sites is 1. The highest BCUT2D eigenvalue weighted by atomic mass is 16.5. The first-order valence-electron chi connectivity index (χ1n) is 7.85. The normalized spacial score (nSPS) is 12.5. The molecule has 0 aliphatic heterocycles. The van der Waals surface area contributed by atoms with Gasteiger partial charge in [0.1, 0.15) is 11.8 Å². The Morgan fingerprint density at radius 3 is 2.75 bits per heavy atom. The molecule has 24 heavy (non-hydrogen) atoms. The molecule has 1 unspecified atom stereocenters. The number of carbonyl (C=O) groups is 1. The lowest BCUT2D eigenvalue weighted by molar-refractivity contribution is -0.136. The Hall–Kier alpha value is -2.73. The largest absolute Gasteiger partial charge is 0.425 e. The molecule has 0 saturated carbocycles. The molecule has 124 valence electrons. The van der Waals surface area contributed by atoms with Gasteiger partial charge in [0.15, 0.2) is 5.65 Å². The number of aryl methyl sites for hydroxylation is 1. The Kier molecular flexibility index (Phi) is 4.31. The van der Waals surface area contributed by atoms with E-state index in [1.165, 1.54) is 0 Å². The monoisotopic (exact) mass is 324 g/mol. The number of H-pyrrole nitrogens is 1. The van der Waals surface area contributed by atoms with E-state index in [0.717, 1.165) is 16.6 Å². The van der Waals surface area contributed by atoms with Crippen LogP contribution in [0.2, 0.25) is 0 Å². The average Bonchev–Trinajstić information content (AvgIpc) is 2.95. The molecular weight excluding hydrogens is 304 g/mol. The quantitative estimate of drug-likeness (QED) is 0.568. The number of rotatable bonds is 4. The Bertz CT molecular complexity index is 886. The fraction of sp³-hybridized carbons (Fsp3) is 0.278. The van der Waals surface area contributed by atoms with Crippen molar-refractivity contribution >= 4 is 17.0 Å². The van der Waals surface area contributed by atoms with Gasteiger partial charge >= 0.3 is 5.97 Å². The van der Waals surface area contributed by atoms with Crippen LogP contribution < -0.4 is 10.5 Å². The average molecular weight is 324 g/mol. The van der Waals surface area contributed by atoms with Crippen molar-refractivity contribution in [2.45, 2.75) is 26.8 Å². The van der Waals surface area contributed by atoms with Gasteiger partial charge in [0.2, 0.25) is 0 Å². The van der Waals surface area contributed by atoms with Gasteiger partial charge in [-0.25, -0.2) is 4.79 Å². The zero-order valence-corrected chi connectivity index (χ0v) is 13.9. The smallest absolute Gasteiger partial charge is 0.328 e. The molecule has 2 heterocycles. The molecule has 3 N–H and O–H groups in total. The minimum absolute atomic E-state index is 0.00306. The van der Waals surface area contributed by atoms with Crippen LogP contribution >= 0.6 is 0 Å². The number of benzene rings is 1. The Labute approximate surface area is 140 Å². The van der Waals surface area contributed by atoms with E-state index in [1.54, 1.807) is 12.1 Å². The summed E-state index contributed by atoms with van der Waals surface area (Å²) in [5.74, 6) is -0.0203. The van der Waals surface area contributed by atoms with Crippen molar-refractivity contribution in [1.29, 1.82) is 0 Å². The molecule has 1 aromatic carbocycles. The highest BCUT2D eigenvalue weighted by molar-refractivity contribution is 5.85. The standard InChI is InChI=1S/C18H20N4O2/c1-10(2)16(19)18(23)24-15-7-5-4-6-12(15)14-8-13-11(3)9-20-17(13)22-21-14/h4-10,16H,19H2,1-3H3,(H,20,22). The SMILES string of the molecule is Cc1c[nH]c2nnc(-c3ccccc3OC(=O)C(N)C(C)C)cc12. The summed E-state index contributed by atoms with van der Waals surface area (Å²) in [5.41, 5.74) is 9.03. The lowest BCUT2D eigenvalue weighted by atomic mass is 10.1. The number of aromatic nitrogens is 3. The number of nitrogens with zero attached hydrogens (tertiary/aromatic N) is 2. The van der Waals surface area contributed by atoms with Crippen molar-refractivity contribution in [3.8, 4) is 17.0 Å². The summed E-state index contributed by atoms with van der Waals surface area (Å²) in [5, 5.41) is 9.41. The summed E-state index contributed by atoms with van der Waals surface area (Å²) in [4.78, 5) is 15.2. The molecule has 0 aliphatic carbocycles. The van der Waals surface area contributed by atoms with Crippen LogP contribution in [0.1, 0.15) is 19.4 Å². The minimum Gasteiger partial charge on any atom is -0.425 e. The van der Waals surface area contributed by atoms with Crippen molar-refractivity contribution < 1.29 is 9.53 Å². The van der Waals surface area contributed by atoms with Gasteiger partial charge in [-0.2, -0.15) is 0 Å². The lowest BCUT2D eigenvalue weighted by Gasteiger charge is -2.15. The third-order valence-electron chi connectivity index (χ3n) is 4.01. The van der Waals surface area contributed by atoms with Gasteiger partial charge in [0.25, 0.3) is 0 Å². The molecular formula is C18H20N4O2. The fourth-order valence-electron chi connectivity index (χ4n) is 2.40. The van der Waals surface area contributed by atoms with Gasteiger partial charge in [0, 0.05) is 17.1 Å². The molecule has 1 atom stereocenters. The summed E-state index contributed by atoms with van der Waals surface area (Å²) < 4.78 is 5.51. The first-order valence-corrected chi connectivity index (χ1v) is 7.85. The lowest BCUT2D eigenvalue weighted by Crippen LogP contribution is -2.38. The maximum absolute atomic E-state index is 12.2. The Morgan fingerprint density at radius 1 is 1.25 bits per heavy atom. The molecule has 0 spiro atoms. The van der Waals surface area contributed by atoms with E-state index in [0.29, 0.717) is 17.0 Å². The van der Waals surface area contributed by atoms with Gasteiger partial charge in [-0.15, -0.1) is 10.2 Å². The van der Waals surface area contributed by atoms with Gasteiger partial charge in [0.05, 0.1) is 5.69 Å². The maximum atomic E-state index is 12.2. The molecule has 0 saturated heterocycles. The van der Waals surface area contributed by atoms with Crippen LogP contribution in [0.15, 0.2) is 36.5 Å².